The van der Waals surface area contributed by atoms with Gasteiger partial charge < -0.3 is 10.6 Å². The zero-order chi connectivity index (χ0) is 11.8. The van der Waals surface area contributed by atoms with Crippen LogP contribution in [0.3, 0.4) is 0 Å². The normalized spacial score (nSPS) is 18.2. The van der Waals surface area contributed by atoms with Gasteiger partial charge in [0.2, 0.25) is 0 Å². The lowest BCUT2D eigenvalue weighted by molar-refractivity contribution is 0.759. The fraction of sp³-hybridized carbons (Fsp3) is 0.200. The molecule has 2 N–H and O–H groups in total. The topological polar surface area (TPSA) is 29.3 Å². The number of fused-ring (bicyclic) bond motifs is 1. The highest BCUT2D eigenvalue weighted by Gasteiger charge is 2.27. The lowest BCUT2D eigenvalue weighted by atomic mass is 10.1. The molecule has 1 unspecified atom stereocenters. The van der Waals surface area contributed by atoms with Crippen LogP contribution in [0.15, 0.2) is 48.5 Å². The van der Waals surface area contributed by atoms with Crippen LogP contribution < -0.4 is 10.6 Å². The molecule has 1 aliphatic heterocycles. The van der Waals surface area contributed by atoms with Gasteiger partial charge in [0, 0.05) is 11.7 Å². The van der Waals surface area contributed by atoms with Crippen LogP contribution in [0, 0.1) is 0 Å². The standard InChI is InChI=1S/C15H16N2/c1-11-10-12-6-2-4-8-14(12)17(11)15-9-5-3-7-13(15)16/h2-9,11H,10,16H2,1H3. The van der Waals surface area contributed by atoms with E-state index in [0.717, 1.165) is 17.8 Å². The summed E-state index contributed by atoms with van der Waals surface area (Å²) in [5.74, 6) is 0. The molecule has 1 atom stereocenters. The van der Waals surface area contributed by atoms with Crippen molar-refractivity contribution in [2.24, 2.45) is 0 Å². The molecule has 1 heterocycles. The highest BCUT2D eigenvalue weighted by Crippen LogP contribution is 2.40. The summed E-state index contributed by atoms with van der Waals surface area (Å²) in [6.45, 7) is 2.24. The summed E-state index contributed by atoms with van der Waals surface area (Å²) in [6, 6.07) is 17.1. The second kappa shape index (κ2) is 3.81. The molecule has 0 radical (unpaired) electrons. The second-order valence-corrected chi connectivity index (χ2v) is 4.61. The van der Waals surface area contributed by atoms with Crippen LogP contribution in [0.25, 0.3) is 0 Å². The van der Waals surface area contributed by atoms with E-state index in [9.17, 15) is 0 Å². The largest absolute Gasteiger partial charge is 0.397 e. The summed E-state index contributed by atoms with van der Waals surface area (Å²) in [5, 5.41) is 0. The first-order valence-corrected chi connectivity index (χ1v) is 5.99. The molecule has 2 nitrogen and oxygen atoms in total. The number of nitrogen functional groups attached to an aromatic ring is 1. The minimum atomic E-state index is 0.470. The molecule has 2 aromatic rings. The minimum absolute atomic E-state index is 0.470. The molecular weight excluding hydrogens is 208 g/mol. The Morgan fingerprint density at radius 1 is 1.00 bits per heavy atom. The van der Waals surface area contributed by atoms with E-state index in [4.69, 9.17) is 5.73 Å². The quantitative estimate of drug-likeness (QED) is 0.753. The van der Waals surface area contributed by atoms with Gasteiger partial charge in [-0.1, -0.05) is 30.3 Å². The Hall–Kier alpha value is -1.96. The highest BCUT2D eigenvalue weighted by molar-refractivity contribution is 5.78. The molecule has 2 aromatic carbocycles. The number of hydrogen-bond acceptors (Lipinski definition) is 2. The van der Waals surface area contributed by atoms with Gasteiger partial charge in [-0.25, -0.2) is 0 Å². The maximum Gasteiger partial charge on any atom is 0.0647 e. The van der Waals surface area contributed by atoms with Crippen LogP contribution in [0.2, 0.25) is 0 Å². The number of nitrogens with two attached hydrogens (primary N) is 1. The van der Waals surface area contributed by atoms with E-state index in [-0.39, 0.29) is 0 Å². The predicted octanol–water partition coefficient (Wildman–Crippen LogP) is 3.35. The molecule has 17 heavy (non-hydrogen) atoms. The summed E-state index contributed by atoms with van der Waals surface area (Å²) >= 11 is 0. The Kier molecular flexibility index (Phi) is 2.29. The molecule has 0 saturated heterocycles. The lowest BCUT2D eigenvalue weighted by Gasteiger charge is -2.26. The average molecular weight is 224 g/mol. The lowest BCUT2D eigenvalue weighted by Crippen LogP contribution is -2.24. The maximum atomic E-state index is 6.08. The van der Waals surface area contributed by atoms with Gasteiger partial charge in [0.1, 0.15) is 0 Å². The number of hydrogen-bond donors (Lipinski definition) is 1. The number of benzene rings is 2. The van der Waals surface area contributed by atoms with E-state index in [0.29, 0.717) is 6.04 Å². The predicted molar refractivity (Wildman–Crippen MR) is 72.6 cm³/mol. The van der Waals surface area contributed by atoms with Gasteiger partial charge in [-0.2, -0.15) is 0 Å². The first-order valence-electron chi connectivity index (χ1n) is 5.99. The minimum Gasteiger partial charge on any atom is -0.397 e. The Bertz CT molecular complexity index is 548. The van der Waals surface area contributed by atoms with E-state index >= 15 is 0 Å². The maximum absolute atomic E-state index is 6.08. The Morgan fingerprint density at radius 3 is 2.41 bits per heavy atom. The SMILES string of the molecule is CC1Cc2ccccc2N1c1ccccc1N. The van der Waals surface area contributed by atoms with Crippen molar-refractivity contribution in [3.63, 3.8) is 0 Å². The molecule has 0 amide bonds. The Balaban J connectivity index is 2.13. The molecule has 2 heteroatoms. The fourth-order valence-corrected chi connectivity index (χ4v) is 2.64. The fourth-order valence-electron chi connectivity index (χ4n) is 2.64. The molecule has 0 aliphatic carbocycles. The van der Waals surface area contributed by atoms with Crippen molar-refractivity contribution in [3.8, 4) is 0 Å². The third kappa shape index (κ3) is 1.57. The molecule has 86 valence electrons. The first kappa shape index (κ1) is 10.2. The van der Waals surface area contributed by atoms with Crippen LogP contribution in [0.4, 0.5) is 17.1 Å². The van der Waals surface area contributed by atoms with Crippen molar-refractivity contribution in [2.45, 2.75) is 19.4 Å². The number of anilines is 3. The molecular formula is C15H16N2. The van der Waals surface area contributed by atoms with Gasteiger partial charge in [-0.15, -0.1) is 0 Å². The summed E-state index contributed by atoms with van der Waals surface area (Å²) in [4.78, 5) is 2.34. The van der Waals surface area contributed by atoms with Crippen LogP contribution in [0.5, 0.6) is 0 Å². The van der Waals surface area contributed by atoms with Crippen LogP contribution in [-0.2, 0) is 6.42 Å². The molecule has 0 saturated carbocycles. The monoisotopic (exact) mass is 224 g/mol. The van der Waals surface area contributed by atoms with E-state index < -0.39 is 0 Å². The molecule has 0 aromatic heterocycles. The van der Waals surface area contributed by atoms with Gasteiger partial charge in [0.05, 0.1) is 11.4 Å². The summed E-state index contributed by atoms with van der Waals surface area (Å²) in [5.41, 5.74) is 10.7. The molecule has 0 spiro atoms. The summed E-state index contributed by atoms with van der Waals surface area (Å²) in [7, 11) is 0. The Morgan fingerprint density at radius 2 is 1.65 bits per heavy atom. The zero-order valence-corrected chi connectivity index (χ0v) is 9.93. The Labute approximate surface area is 102 Å². The van der Waals surface area contributed by atoms with Gasteiger partial charge in [0.25, 0.3) is 0 Å². The van der Waals surface area contributed by atoms with Crippen LogP contribution in [0.1, 0.15) is 12.5 Å². The van der Waals surface area contributed by atoms with Crippen molar-refractivity contribution < 1.29 is 0 Å². The second-order valence-electron chi connectivity index (χ2n) is 4.61. The van der Waals surface area contributed by atoms with Crippen molar-refractivity contribution >= 4 is 17.1 Å². The van der Waals surface area contributed by atoms with E-state index in [1.165, 1.54) is 11.3 Å². The molecule has 0 bridgehead atoms. The van der Waals surface area contributed by atoms with Crippen molar-refractivity contribution in [1.82, 2.24) is 0 Å². The number of para-hydroxylation sites is 3. The highest BCUT2D eigenvalue weighted by atomic mass is 15.2. The first-order chi connectivity index (χ1) is 8.27. The summed E-state index contributed by atoms with van der Waals surface area (Å²) in [6.07, 6.45) is 1.09. The summed E-state index contributed by atoms with van der Waals surface area (Å²) < 4.78 is 0. The van der Waals surface area contributed by atoms with Crippen molar-refractivity contribution in [2.75, 3.05) is 10.6 Å². The van der Waals surface area contributed by atoms with E-state index in [1.807, 2.05) is 18.2 Å². The van der Waals surface area contributed by atoms with Crippen LogP contribution >= 0.6 is 0 Å². The van der Waals surface area contributed by atoms with E-state index in [1.54, 1.807) is 0 Å². The van der Waals surface area contributed by atoms with Gasteiger partial charge in [-0.05, 0) is 37.1 Å². The molecule has 3 rings (SSSR count). The van der Waals surface area contributed by atoms with Gasteiger partial charge in [0.15, 0.2) is 0 Å². The number of nitrogens with zero attached hydrogens (tertiary/aromatic N) is 1. The zero-order valence-electron chi connectivity index (χ0n) is 9.93. The number of rotatable bonds is 1. The smallest absolute Gasteiger partial charge is 0.0647 e. The van der Waals surface area contributed by atoms with Gasteiger partial charge >= 0.3 is 0 Å². The molecule has 0 fully saturated rings. The van der Waals surface area contributed by atoms with Crippen molar-refractivity contribution in [3.05, 3.63) is 54.1 Å². The average Bonchev–Trinajstić information content (AvgIpc) is 2.66. The van der Waals surface area contributed by atoms with Gasteiger partial charge in [-0.3, -0.25) is 0 Å². The third-order valence-electron chi connectivity index (χ3n) is 3.40. The third-order valence-corrected chi connectivity index (χ3v) is 3.40. The van der Waals surface area contributed by atoms with E-state index in [2.05, 4.69) is 42.2 Å². The van der Waals surface area contributed by atoms with Crippen molar-refractivity contribution in [1.29, 1.82) is 0 Å². The molecule has 1 aliphatic rings. The van der Waals surface area contributed by atoms with Crippen LogP contribution in [-0.4, -0.2) is 6.04 Å².